The van der Waals surface area contributed by atoms with Crippen LogP contribution in [0.25, 0.3) is 5.69 Å². The number of hydrogen-bond acceptors (Lipinski definition) is 3. The van der Waals surface area contributed by atoms with Crippen molar-refractivity contribution in [3.8, 4) is 5.69 Å². The van der Waals surface area contributed by atoms with Crippen molar-refractivity contribution in [3.05, 3.63) is 70.1 Å². The van der Waals surface area contributed by atoms with Gasteiger partial charge in [0.15, 0.2) is 5.82 Å². The van der Waals surface area contributed by atoms with Crippen LogP contribution in [-0.2, 0) is 0 Å². The first-order valence-corrected chi connectivity index (χ1v) is 7.40. The fourth-order valence-electron chi connectivity index (χ4n) is 2.14. The Morgan fingerprint density at radius 3 is 2.59 bits per heavy atom. The number of aromatic amines is 1. The SMILES string of the molecule is Cc1ccc(N=Cc2c(C)[nH]n(-c3ccccc3)c2=S)nc1. The van der Waals surface area contributed by atoms with Crippen LogP contribution < -0.4 is 0 Å². The number of aliphatic imine (C=N–C) groups is 1. The second-order valence-corrected chi connectivity index (χ2v) is 5.47. The number of nitrogens with zero attached hydrogens (tertiary/aromatic N) is 3. The zero-order chi connectivity index (χ0) is 15.5. The molecule has 0 saturated carbocycles. The summed E-state index contributed by atoms with van der Waals surface area (Å²) in [5.74, 6) is 0.673. The molecule has 2 aromatic heterocycles. The summed E-state index contributed by atoms with van der Waals surface area (Å²) in [4.78, 5) is 8.68. The van der Waals surface area contributed by atoms with E-state index in [2.05, 4.69) is 15.1 Å². The van der Waals surface area contributed by atoms with Crippen LogP contribution in [0.2, 0.25) is 0 Å². The monoisotopic (exact) mass is 308 g/mol. The van der Waals surface area contributed by atoms with Crippen molar-refractivity contribution in [2.45, 2.75) is 13.8 Å². The summed E-state index contributed by atoms with van der Waals surface area (Å²) < 4.78 is 2.59. The Kier molecular flexibility index (Phi) is 3.98. The van der Waals surface area contributed by atoms with Crippen molar-refractivity contribution in [2.24, 2.45) is 4.99 Å². The predicted molar refractivity (Wildman–Crippen MR) is 91.9 cm³/mol. The van der Waals surface area contributed by atoms with Gasteiger partial charge in [0.05, 0.1) is 11.3 Å². The maximum atomic E-state index is 5.55. The molecule has 5 heteroatoms. The van der Waals surface area contributed by atoms with Crippen LogP contribution >= 0.6 is 12.2 Å². The highest BCUT2D eigenvalue weighted by Crippen LogP contribution is 2.14. The van der Waals surface area contributed by atoms with E-state index in [1.165, 1.54) is 0 Å². The molecule has 0 unspecified atom stereocenters. The second-order valence-electron chi connectivity index (χ2n) is 5.08. The van der Waals surface area contributed by atoms with Crippen LogP contribution in [0.4, 0.5) is 5.82 Å². The van der Waals surface area contributed by atoms with Gasteiger partial charge in [-0.15, -0.1) is 0 Å². The van der Waals surface area contributed by atoms with Crippen molar-refractivity contribution in [1.82, 2.24) is 14.8 Å². The molecule has 3 aromatic rings. The Morgan fingerprint density at radius 2 is 1.91 bits per heavy atom. The molecule has 0 aliphatic heterocycles. The van der Waals surface area contributed by atoms with Gasteiger partial charge in [0.1, 0.15) is 4.64 Å². The molecule has 0 aliphatic rings. The lowest BCUT2D eigenvalue weighted by atomic mass is 10.3. The number of aromatic nitrogens is 3. The van der Waals surface area contributed by atoms with Gasteiger partial charge in [-0.25, -0.2) is 14.7 Å². The van der Waals surface area contributed by atoms with Crippen molar-refractivity contribution < 1.29 is 0 Å². The first-order valence-electron chi connectivity index (χ1n) is 6.99. The minimum atomic E-state index is 0.673. The van der Waals surface area contributed by atoms with Gasteiger partial charge < -0.3 is 0 Å². The van der Waals surface area contributed by atoms with Gasteiger partial charge in [-0.05, 0) is 37.6 Å². The normalized spacial score (nSPS) is 11.2. The van der Waals surface area contributed by atoms with Crippen molar-refractivity contribution in [1.29, 1.82) is 0 Å². The minimum absolute atomic E-state index is 0.673. The van der Waals surface area contributed by atoms with Crippen molar-refractivity contribution in [2.75, 3.05) is 0 Å². The number of rotatable bonds is 3. The third kappa shape index (κ3) is 2.89. The average Bonchev–Trinajstić information content (AvgIpc) is 2.82. The minimum Gasteiger partial charge on any atom is -0.297 e. The molecule has 0 fully saturated rings. The van der Waals surface area contributed by atoms with E-state index >= 15 is 0 Å². The van der Waals surface area contributed by atoms with E-state index < -0.39 is 0 Å². The first-order chi connectivity index (χ1) is 10.6. The van der Waals surface area contributed by atoms with Crippen LogP contribution in [0.15, 0.2) is 53.7 Å². The molecule has 0 spiro atoms. The molecular weight excluding hydrogens is 292 g/mol. The molecule has 0 saturated heterocycles. The fourth-order valence-corrected chi connectivity index (χ4v) is 2.49. The van der Waals surface area contributed by atoms with Crippen LogP contribution in [0.1, 0.15) is 16.8 Å². The number of nitrogens with one attached hydrogen (secondary N) is 1. The molecule has 0 amide bonds. The van der Waals surface area contributed by atoms with Gasteiger partial charge in [0.25, 0.3) is 0 Å². The molecule has 4 nitrogen and oxygen atoms in total. The number of benzene rings is 1. The zero-order valence-corrected chi connectivity index (χ0v) is 13.3. The average molecular weight is 308 g/mol. The molecular formula is C17H16N4S. The smallest absolute Gasteiger partial charge is 0.151 e. The maximum Gasteiger partial charge on any atom is 0.151 e. The summed E-state index contributed by atoms with van der Waals surface area (Å²) >= 11 is 5.55. The van der Waals surface area contributed by atoms with Gasteiger partial charge in [0.2, 0.25) is 0 Å². The summed E-state index contributed by atoms with van der Waals surface area (Å²) in [5.41, 5.74) is 4.00. The predicted octanol–water partition coefficient (Wildman–Crippen LogP) is 4.30. The highest BCUT2D eigenvalue weighted by molar-refractivity contribution is 7.71. The van der Waals surface area contributed by atoms with E-state index in [4.69, 9.17) is 12.2 Å². The van der Waals surface area contributed by atoms with E-state index in [0.717, 1.165) is 22.5 Å². The quantitative estimate of drug-likeness (QED) is 0.579. The van der Waals surface area contributed by atoms with Crippen molar-refractivity contribution in [3.63, 3.8) is 0 Å². The number of pyridine rings is 1. The molecule has 1 N–H and O–H groups in total. The van der Waals surface area contributed by atoms with Crippen molar-refractivity contribution >= 4 is 24.3 Å². The molecule has 0 atom stereocenters. The Hall–Kier alpha value is -2.53. The van der Waals surface area contributed by atoms with E-state index in [0.29, 0.717) is 10.5 Å². The molecule has 2 heterocycles. The Morgan fingerprint density at radius 1 is 1.14 bits per heavy atom. The number of H-pyrrole nitrogens is 1. The fraction of sp³-hybridized carbons (Fsp3) is 0.118. The maximum absolute atomic E-state index is 5.55. The Balaban J connectivity index is 1.97. The van der Waals surface area contributed by atoms with E-state index in [-0.39, 0.29) is 0 Å². The summed E-state index contributed by atoms with van der Waals surface area (Å²) in [6.07, 6.45) is 3.57. The Bertz CT molecular complexity index is 858. The summed E-state index contributed by atoms with van der Waals surface area (Å²) in [6.45, 7) is 3.99. The lowest BCUT2D eigenvalue weighted by Crippen LogP contribution is -1.95. The van der Waals surface area contributed by atoms with Gasteiger partial charge in [0, 0.05) is 18.1 Å². The summed E-state index contributed by atoms with van der Waals surface area (Å²) in [5, 5.41) is 3.28. The molecule has 0 aliphatic carbocycles. The molecule has 0 radical (unpaired) electrons. The standard InChI is InChI=1S/C17H16N4S/c1-12-8-9-16(18-10-12)19-11-15-13(2)20-21(17(15)22)14-6-4-3-5-7-14/h3-11,20H,1-2H3. The lowest BCUT2D eigenvalue weighted by Gasteiger charge is -2.01. The van der Waals surface area contributed by atoms with E-state index in [9.17, 15) is 0 Å². The molecule has 0 bridgehead atoms. The van der Waals surface area contributed by atoms with Crippen LogP contribution in [0.3, 0.4) is 0 Å². The van der Waals surface area contributed by atoms with Crippen LogP contribution in [-0.4, -0.2) is 21.0 Å². The largest absolute Gasteiger partial charge is 0.297 e. The van der Waals surface area contributed by atoms with E-state index in [1.54, 1.807) is 12.4 Å². The van der Waals surface area contributed by atoms with Crippen LogP contribution in [0, 0.1) is 18.5 Å². The van der Waals surface area contributed by atoms with E-state index in [1.807, 2.05) is 61.0 Å². The second kappa shape index (κ2) is 6.07. The van der Waals surface area contributed by atoms with Gasteiger partial charge >= 0.3 is 0 Å². The van der Waals surface area contributed by atoms with Gasteiger partial charge in [-0.1, -0.05) is 36.5 Å². The number of hydrogen-bond donors (Lipinski definition) is 1. The lowest BCUT2D eigenvalue weighted by molar-refractivity contribution is 0.853. The number of aryl methyl sites for hydroxylation is 2. The van der Waals surface area contributed by atoms with Crippen LogP contribution in [0.5, 0.6) is 0 Å². The first kappa shape index (κ1) is 14.4. The number of para-hydroxylation sites is 1. The third-order valence-electron chi connectivity index (χ3n) is 3.35. The summed E-state index contributed by atoms with van der Waals surface area (Å²) in [6, 6.07) is 13.8. The Labute approximate surface area is 134 Å². The van der Waals surface area contributed by atoms with Gasteiger partial charge in [-0.3, -0.25) is 5.10 Å². The molecule has 22 heavy (non-hydrogen) atoms. The summed E-state index contributed by atoms with van der Waals surface area (Å²) in [7, 11) is 0. The highest BCUT2D eigenvalue weighted by atomic mass is 32.1. The molecule has 1 aromatic carbocycles. The zero-order valence-electron chi connectivity index (χ0n) is 12.4. The van der Waals surface area contributed by atoms with Gasteiger partial charge in [-0.2, -0.15) is 0 Å². The molecule has 3 rings (SSSR count). The molecule has 110 valence electrons. The third-order valence-corrected chi connectivity index (χ3v) is 3.76. The highest BCUT2D eigenvalue weighted by Gasteiger charge is 2.07. The topological polar surface area (TPSA) is 46.0 Å².